The number of thiol groups is 1. The van der Waals surface area contributed by atoms with Crippen LogP contribution in [0, 0.1) is 0 Å². The van der Waals surface area contributed by atoms with Gasteiger partial charge in [0, 0.05) is 51.9 Å². The van der Waals surface area contributed by atoms with Crippen molar-refractivity contribution >= 4 is 47.8 Å². The third-order valence-corrected chi connectivity index (χ3v) is 5.15. The maximum absolute atomic E-state index is 11.2. The van der Waals surface area contributed by atoms with Gasteiger partial charge in [0.15, 0.2) is 0 Å². The van der Waals surface area contributed by atoms with Crippen LogP contribution in [0.3, 0.4) is 0 Å². The van der Waals surface area contributed by atoms with Gasteiger partial charge in [-0.05, 0) is 34.0 Å². The van der Waals surface area contributed by atoms with Crippen LogP contribution in [0.15, 0.2) is 12.7 Å². The molecule has 30 heavy (non-hydrogen) atoms. The summed E-state index contributed by atoms with van der Waals surface area (Å²) < 4.78 is 0. The van der Waals surface area contributed by atoms with E-state index in [1.807, 2.05) is 0 Å². The Morgan fingerprint density at radius 2 is 1.43 bits per heavy atom. The molecular weight excluding hydrogens is 424 g/mol. The van der Waals surface area contributed by atoms with Gasteiger partial charge >= 0.3 is 0 Å². The lowest BCUT2D eigenvalue weighted by Crippen LogP contribution is -2.34. The Hall–Kier alpha value is -1.36. The second kappa shape index (κ2) is 20.9. The van der Waals surface area contributed by atoms with Crippen molar-refractivity contribution in [1.82, 2.24) is 20.4 Å². The number of hydrogen-bond donors (Lipinski definition) is 3. The molecule has 2 amide bonds. The monoisotopic (exact) mass is 464 g/mol. The highest BCUT2D eigenvalue weighted by Crippen LogP contribution is 2.06. The van der Waals surface area contributed by atoms with Crippen LogP contribution in [0.2, 0.25) is 0 Å². The summed E-state index contributed by atoms with van der Waals surface area (Å²) in [5.74, 6) is 2.43. The first-order valence-electron chi connectivity index (χ1n) is 9.47. The van der Waals surface area contributed by atoms with E-state index in [2.05, 4.69) is 29.8 Å². The van der Waals surface area contributed by atoms with E-state index in [0.29, 0.717) is 12.2 Å². The normalized spacial score (nSPS) is 11.5. The van der Waals surface area contributed by atoms with E-state index < -0.39 is 0 Å². The van der Waals surface area contributed by atoms with Crippen molar-refractivity contribution in [1.29, 1.82) is 0 Å². The molecule has 0 saturated heterocycles. The summed E-state index contributed by atoms with van der Waals surface area (Å²) >= 11 is 5.58. The van der Waals surface area contributed by atoms with E-state index in [-0.39, 0.29) is 35.5 Å². The van der Waals surface area contributed by atoms with Gasteiger partial charge in [-0.2, -0.15) is 24.4 Å². The van der Waals surface area contributed by atoms with Gasteiger partial charge in [0.05, 0.1) is 12.1 Å². The zero-order chi connectivity index (χ0) is 24.3. The van der Waals surface area contributed by atoms with Crippen LogP contribution >= 0.6 is 24.4 Å². The topological polar surface area (TPSA) is 98.8 Å². The lowest BCUT2D eigenvalue weighted by molar-refractivity contribution is -0.128. The van der Waals surface area contributed by atoms with Gasteiger partial charge in [-0.25, -0.2) is 0 Å². The van der Waals surface area contributed by atoms with Gasteiger partial charge in [0.2, 0.25) is 11.8 Å². The Balaban J connectivity index is -0.000000408. The second-order valence-corrected chi connectivity index (χ2v) is 8.15. The van der Waals surface area contributed by atoms with Gasteiger partial charge in [-0.15, -0.1) is 0 Å². The first kappa shape index (κ1) is 33.3. The lowest BCUT2D eigenvalue weighted by atomic mass is 10.2. The minimum Gasteiger partial charge on any atom is -0.349 e. The van der Waals surface area contributed by atoms with Crippen molar-refractivity contribution in [2.45, 2.75) is 32.4 Å². The molecule has 0 aromatic carbocycles. The van der Waals surface area contributed by atoms with Crippen molar-refractivity contribution < 1.29 is 19.2 Å². The Morgan fingerprint density at radius 3 is 1.63 bits per heavy atom. The van der Waals surface area contributed by atoms with Gasteiger partial charge in [0.1, 0.15) is 11.6 Å². The summed E-state index contributed by atoms with van der Waals surface area (Å²) in [5, 5.41) is 5.77. The van der Waals surface area contributed by atoms with E-state index in [1.54, 1.807) is 72.8 Å². The number of carbonyl (C=O) groups is 4. The van der Waals surface area contributed by atoms with Gasteiger partial charge in [-0.3, -0.25) is 19.2 Å². The van der Waals surface area contributed by atoms with Crippen LogP contribution in [0.1, 0.15) is 20.3 Å². The summed E-state index contributed by atoms with van der Waals surface area (Å²) in [7, 11) is 10.4. The Kier molecular flexibility index (Phi) is 23.2. The molecule has 0 rings (SSSR count). The number of nitrogens with one attached hydrogen (secondary N) is 2. The van der Waals surface area contributed by atoms with Crippen LogP contribution in [-0.4, -0.2) is 105 Å². The van der Waals surface area contributed by atoms with Crippen LogP contribution in [0.5, 0.6) is 0 Å². The molecule has 0 aromatic rings. The first-order valence-corrected chi connectivity index (χ1v) is 11.3. The molecule has 0 aliphatic rings. The van der Waals surface area contributed by atoms with Crippen molar-refractivity contribution in [3.8, 4) is 0 Å². The molecule has 0 spiro atoms. The zero-order valence-electron chi connectivity index (χ0n) is 19.7. The summed E-state index contributed by atoms with van der Waals surface area (Å²) in [6, 6.07) is -0.164. The molecule has 2 atom stereocenters. The van der Waals surface area contributed by atoms with Crippen LogP contribution < -0.4 is 10.6 Å². The summed E-state index contributed by atoms with van der Waals surface area (Å²) in [6.07, 6.45) is 1.81. The number of hydrogen-bond acceptors (Lipinski definition) is 8. The number of ketones is 2. The molecule has 0 heterocycles. The predicted molar refractivity (Wildman–Crippen MR) is 130 cm³/mol. The number of Topliss-reactive ketones (excluding diaryl/α,β-unsaturated/α-hetero) is 2. The van der Waals surface area contributed by atoms with Crippen molar-refractivity contribution in [3.05, 3.63) is 12.7 Å². The van der Waals surface area contributed by atoms with Crippen LogP contribution in [0.4, 0.5) is 0 Å². The smallest absolute Gasteiger partial charge is 0.245 e. The van der Waals surface area contributed by atoms with Crippen LogP contribution in [-0.2, 0) is 19.2 Å². The Morgan fingerprint density at radius 1 is 0.967 bits per heavy atom. The average molecular weight is 465 g/mol. The number of thioether (sulfide) groups is 1. The van der Waals surface area contributed by atoms with Crippen LogP contribution in [0.25, 0.3) is 0 Å². The summed E-state index contributed by atoms with van der Waals surface area (Å²) in [6.45, 7) is 6.42. The molecule has 0 radical (unpaired) electrons. The molecule has 0 saturated carbocycles. The quantitative estimate of drug-likeness (QED) is 0.236. The SMILES string of the molecule is C=CC(=O)N(C)C.CNC(CS)C(C)=O.CNC(CSCCC(=O)N(C)C)C(C)=O. The molecule has 0 fully saturated rings. The lowest BCUT2D eigenvalue weighted by Gasteiger charge is -2.13. The molecule has 0 bridgehead atoms. The van der Waals surface area contributed by atoms with Gasteiger partial charge in [0.25, 0.3) is 0 Å². The molecular formula is C20H40N4O4S2. The first-order chi connectivity index (χ1) is 13.9. The van der Waals surface area contributed by atoms with E-state index in [0.717, 1.165) is 11.5 Å². The Labute approximate surface area is 192 Å². The largest absolute Gasteiger partial charge is 0.349 e. The molecule has 0 aliphatic carbocycles. The number of carbonyl (C=O) groups excluding carboxylic acids is 4. The molecule has 176 valence electrons. The summed E-state index contributed by atoms with van der Waals surface area (Å²) in [4.78, 5) is 46.1. The molecule has 8 nitrogen and oxygen atoms in total. The predicted octanol–water partition coefficient (Wildman–Crippen LogP) is 0.729. The van der Waals surface area contributed by atoms with Gasteiger partial charge < -0.3 is 20.4 Å². The van der Waals surface area contributed by atoms with Crippen molar-refractivity contribution in [3.63, 3.8) is 0 Å². The maximum atomic E-state index is 11.2. The minimum absolute atomic E-state index is 0.0556. The van der Waals surface area contributed by atoms with Crippen molar-refractivity contribution in [2.75, 3.05) is 59.5 Å². The molecule has 2 unspecified atom stereocenters. The number of rotatable bonds is 11. The fraction of sp³-hybridized carbons (Fsp3) is 0.700. The third-order valence-electron chi connectivity index (χ3n) is 3.72. The molecule has 10 heteroatoms. The highest BCUT2D eigenvalue weighted by Gasteiger charge is 2.11. The van der Waals surface area contributed by atoms with Crippen molar-refractivity contribution in [2.24, 2.45) is 0 Å². The molecule has 0 aromatic heterocycles. The average Bonchev–Trinajstić information content (AvgIpc) is 2.68. The highest BCUT2D eigenvalue weighted by molar-refractivity contribution is 7.99. The number of likely N-dealkylation sites (N-methyl/N-ethyl adjacent to an activating group) is 3. The number of amides is 2. The van der Waals surface area contributed by atoms with E-state index in [9.17, 15) is 19.2 Å². The molecule has 0 aliphatic heterocycles. The second-order valence-electron chi connectivity index (χ2n) is 6.64. The highest BCUT2D eigenvalue weighted by atomic mass is 32.2. The van der Waals surface area contributed by atoms with Gasteiger partial charge in [-0.1, -0.05) is 6.58 Å². The number of nitrogens with zero attached hydrogens (tertiary/aromatic N) is 2. The van der Waals surface area contributed by atoms with E-state index in [1.165, 1.54) is 11.0 Å². The van der Waals surface area contributed by atoms with E-state index >= 15 is 0 Å². The fourth-order valence-corrected chi connectivity index (χ4v) is 3.16. The standard InChI is InChI=1S/C10H20N2O2S.C5H11NOS.C5H9NO/c1-8(13)9(11-2)7-15-6-5-10(14)12(3)4;1-4(7)5(3-8)6-2;1-4-5(7)6(2)3/h9,11H,5-7H2,1-4H3;5-6,8H,3H2,1-2H3;4H,1H2,2-3H3. The third kappa shape index (κ3) is 19.9. The maximum Gasteiger partial charge on any atom is 0.245 e. The molecule has 2 N–H and O–H groups in total. The summed E-state index contributed by atoms with van der Waals surface area (Å²) in [5.41, 5.74) is 0. The zero-order valence-corrected chi connectivity index (χ0v) is 21.4. The Bertz CT molecular complexity index is 525. The fourth-order valence-electron chi connectivity index (χ4n) is 1.59. The minimum atomic E-state index is -0.0931. The van der Waals surface area contributed by atoms with E-state index in [4.69, 9.17) is 0 Å².